The number of benzene rings is 2. The number of halogens is 1. The molecule has 2 aromatic rings. The molecule has 0 unspecified atom stereocenters. The third-order valence-corrected chi connectivity index (χ3v) is 3.59. The van der Waals surface area contributed by atoms with Gasteiger partial charge in [-0.25, -0.2) is 4.39 Å². The van der Waals surface area contributed by atoms with Crippen molar-refractivity contribution in [2.45, 2.75) is 13.8 Å². The molecule has 0 aliphatic rings. The Morgan fingerprint density at radius 2 is 1.32 bits per heavy atom. The Kier molecular flexibility index (Phi) is 4.76. The number of esters is 1. The van der Waals surface area contributed by atoms with E-state index in [1.54, 1.807) is 0 Å². The smallest absolute Gasteiger partial charge is 0.318 e. The van der Waals surface area contributed by atoms with E-state index in [1.807, 2.05) is 60.7 Å². The number of methoxy groups -OCH3 is 1. The van der Waals surface area contributed by atoms with Gasteiger partial charge in [-0.15, -0.1) is 0 Å². The van der Waals surface area contributed by atoms with E-state index in [0.29, 0.717) is 5.57 Å². The SMILES string of the molecule is COC(=O)C(C)(C)C(F)=C(c1ccccc1)c1ccccc1. The minimum Gasteiger partial charge on any atom is -0.468 e. The number of hydrogen-bond donors (Lipinski definition) is 0. The maximum absolute atomic E-state index is 15.2. The second-order valence-corrected chi connectivity index (χ2v) is 5.54. The zero-order valence-corrected chi connectivity index (χ0v) is 13.0. The Hall–Kier alpha value is -2.42. The van der Waals surface area contributed by atoms with Crippen LogP contribution in [0.4, 0.5) is 4.39 Å². The third-order valence-electron chi connectivity index (χ3n) is 3.59. The molecular formula is C19H19FO2. The van der Waals surface area contributed by atoms with Crippen LogP contribution in [0, 0.1) is 5.41 Å². The van der Waals surface area contributed by atoms with Crippen molar-refractivity contribution >= 4 is 11.5 Å². The molecule has 0 aromatic heterocycles. The lowest BCUT2D eigenvalue weighted by Gasteiger charge is -2.23. The van der Waals surface area contributed by atoms with Crippen LogP contribution in [-0.4, -0.2) is 13.1 Å². The molecule has 0 saturated carbocycles. The van der Waals surface area contributed by atoms with Gasteiger partial charge in [0.05, 0.1) is 7.11 Å². The van der Waals surface area contributed by atoms with Gasteiger partial charge in [0.1, 0.15) is 11.2 Å². The van der Waals surface area contributed by atoms with Gasteiger partial charge in [0.2, 0.25) is 0 Å². The molecule has 0 aliphatic carbocycles. The number of carbonyl (C=O) groups is 1. The molecule has 3 heteroatoms. The van der Waals surface area contributed by atoms with Gasteiger partial charge in [-0.05, 0) is 25.0 Å². The zero-order chi connectivity index (χ0) is 16.2. The summed E-state index contributed by atoms with van der Waals surface area (Å²) in [6.45, 7) is 3.06. The highest BCUT2D eigenvalue weighted by molar-refractivity contribution is 5.88. The molecule has 114 valence electrons. The van der Waals surface area contributed by atoms with E-state index in [0.717, 1.165) is 11.1 Å². The monoisotopic (exact) mass is 298 g/mol. The second-order valence-electron chi connectivity index (χ2n) is 5.54. The number of rotatable bonds is 4. The molecule has 0 bridgehead atoms. The van der Waals surface area contributed by atoms with Crippen LogP contribution in [0.2, 0.25) is 0 Å². The van der Waals surface area contributed by atoms with Gasteiger partial charge in [0, 0.05) is 5.57 Å². The molecule has 2 rings (SSSR count). The Morgan fingerprint density at radius 1 is 0.909 bits per heavy atom. The largest absolute Gasteiger partial charge is 0.468 e. The molecule has 0 fully saturated rings. The predicted octanol–water partition coefficient (Wildman–Crippen LogP) is 4.61. The van der Waals surface area contributed by atoms with Crippen molar-refractivity contribution in [1.82, 2.24) is 0 Å². The normalized spacial score (nSPS) is 10.9. The lowest BCUT2D eigenvalue weighted by atomic mass is 9.84. The van der Waals surface area contributed by atoms with Gasteiger partial charge in [-0.1, -0.05) is 60.7 Å². The number of carbonyl (C=O) groups excluding carboxylic acids is 1. The van der Waals surface area contributed by atoms with Crippen LogP contribution in [-0.2, 0) is 9.53 Å². The Morgan fingerprint density at radius 3 is 1.68 bits per heavy atom. The average molecular weight is 298 g/mol. The second kappa shape index (κ2) is 6.56. The van der Waals surface area contributed by atoms with E-state index >= 15 is 4.39 Å². The van der Waals surface area contributed by atoms with E-state index < -0.39 is 17.2 Å². The molecule has 0 saturated heterocycles. The van der Waals surface area contributed by atoms with Crippen molar-refractivity contribution in [3.63, 3.8) is 0 Å². The fourth-order valence-corrected chi connectivity index (χ4v) is 2.29. The van der Waals surface area contributed by atoms with Gasteiger partial charge in [-0.2, -0.15) is 0 Å². The van der Waals surface area contributed by atoms with Crippen molar-refractivity contribution in [2.24, 2.45) is 5.41 Å². The lowest BCUT2D eigenvalue weighted by Crippen LogP contribution is -2.27. The molecule has 0 amide bonds. The van der Waals surface area contributed by atoms with Gasteiger partial charge in [0.25, 0.3) is 0 Å². The van der Waals surface area contributed by atoms with Crippen LogP contribution >= 0.6 is 0 Å². The molecule has 2 aromatic carbocycles. The zero-order valence-electron chi connectivity index (χ0n) is 13.0. The summed E-state index contributed by atoms with van der Waals surface area (Å²) in [7, 11) is 1.27. The molecule has 0 heterocycles. The first-order valence-corrected chi connectivity index (χ1v) is 7.08. The van der Waals surface area contributed by atoms with Gasteiger partial charge >= 0.3 is 5.97 Å². The van der Waals surface area contributed by atoms with Crippen LogP contribution in [0.1, 0.15) is 25.0 Å². The minimum absolute atomic E-state index is 0.414. The molecular weight excluding hydrogens is 279 g/mol. The molecule has 2 nitrogen and oxygen atoms in total. The third kappa shape index (κ3) is 3.08. The van der Waals surface area contributed by atoms with E-state index in [-0.39, 0.29) is 0 Å². The predicted molar refractivity (Wildman–Crippen MR) is 85.8 cm³/mol. The summed E-state index contributed by atoms with van der Waals surface area (Å²) in [6.07, 6.45) is 0. The summed E-state index contributed by atoms with van der Waals surface area (Å²) < 4.78 is 20.0. The fourth-order valence-electron chi connectivity index (χ4n) is 2.29. The summed E-state index contributed by atoms with van der Waals surface area (Å²) in [6, 6.07) is 18.4. The van der Waals surface area contributed by atoms with Crippen molar-refractivity contribution in [3.8, 4) is 0 Å². The Balaban J connectivity index is 2.68. The van der Waals surface area contributed by atoms with E-state index in [9.17, 15) is 4.79 Å². The maximum Gasteiger partial charge on any atom is 0.318 e. The van der Waals surface area contributed by atoms with Crippen LogP contribution in [0.15, 0.2) is 66.5 Å². The maximum atomic E-state index is 15.2. The fraction of sp³-hybridized carbons (Fsp3) is 0.211. The number of ether oxygens (including phenoxy) is 1. The Labute approximate surface area is 130 Å². The van der Waals surface area contributed by atoms with Crippen molar-refractivity contribution in [2.75, 3.05) is 7.11 Å². The van der Waals surface area contributed by atoms with Gasteiger partial charge < -0.3 is 4.74 Å². The standard InChI is InChI=1S/C19H19FO2/c1-19(2,18(21)22-3)17(20)16(14-10-6-4-7-11-14)15-12-8-5-9-13-15/h4-13H,1-3H3. The first-order valence-electron chi connectivity index (χ1n) is 7.08. The van der Waals surface area contributed by atoms with Gasteiger partial charge in [-0.3, -0.25) is 4.79 Å². The van der Waals surface area contributed by atoms with Crippen LogP contribution in [0.5, 0.6) is 0 Å². The molecule has 0 atom stereocenters. The molecule has 0 N–H and O–H groups in total. The van der Waals surface area contributed by atoms with E-state index in [4.69, 9.17) is 4.74 Å². The van der Waals surface area contributed by atoms with Crippen LogP contribution in [0.25, 0.3) is 5.57 Å². The van der Waals surface area contributed by atoms with Crippen LogP contribution in [0.3, 0.4) is 0 Å². The highest BCUT2D eigenvalue weighted by atomic mass is 19.1. The highest BCUT2D eigenvalue weighted by Gasteiger charge is 2.36. The van der Waals surface area contributed by atoms with Gasteiger partial charge in [0.15, 0.2) is 0 Å². The summed E-state index contributed by atoms with van der Waals surface area (Å²) in [4.78, 5) is 11.9. The molecule has 0 aliphatic heterocycles. The van der Waals surface area contributed by atoms with Crippen molar-refractivity contribution < 1.29 is 13.9 Å². The van der Waals surface area contributed by atoms with E-state index in [2.05, 4.69) is 0 Å². The Bertz CT molecular complexity index is 632. The summed E-state index contributed by atoms with van der Waals surface area (Å²) >= 11 is 0. The number of hydrogen-bond acceptors (Lipinski definition) is 2. The average Bonchev–Trinajstić information content (AvgIpc) is 2.56. The highest BCUT2D eigenvalue weighted by Crippen LogP contribution is 2.38. The first-order chi connectivity index (χ1) is 10.5. The minimum atomic E-state index is -1.35. The van der Waals surface area contributed by atoms with Crippen molar-refractivity contribution in [1.29, 1.82) is 0 Å². The topological polar surface area (TPSA) is 26.3 Å². The molecule has 22 heavy (non-hydrogen) atoms. The first kappa shape index (κ1) is 16.0. The van der Waals surface area contributed by atoms with Crippen molar-refractivity contribution in [3.05, 3.63) is 77.6 Å². The molecule has 0 spiro atoms. The summed E-state index contributed by atoms with van der Waals surface area (Å²) in [5.41, 5.74) is 0.512. The molecule has 0 radical (unpaired) electrons. The summed E-state index contributed by atoms with van der Waals surface area (Å²) in [5, 5.41) is 0. The quantitative estimate of drug-likeness (QED) is 0.770. The van der Waals surface area contributed by atoms with Crippen LogP contribution < -0.4 is 0 Å². The summed E-state index contributed by atoms with van der Waals surface area (Å²) in [5.74, 6) is -1.11. The van der Waals surface area contributed by atoms with E-state index in [1.165, 1.54) is 21.0 Å². The lowest BCUT2D eigenvalue weighted by molar-refractivity contribution is -0.149.